The highest BCUT2D eigenvalue weighted by Gasteiger charge is 2.28. The molecule has 0 saturated heterocycles. The number of aryl methyl sites for hydroxylation is 1. The van der Waals surface area contributed by atoms with E-state index in [1.54, 1.807) is 31.3 Å². The third kappa shape index (κ3) is 3.71. The predicted molar refractivity (Wildman–Crippen MR) is 116 cm³/mol. The Hall–Kier alpha value is -2.75. The molecule has 4 aromatic rings. The summed E-state index contributed by atoms with van der Waals surface area (Å²) in [5.41, 5.74) is 2.07. The van der Waals surface area contributed by atoms with E-state index in [2.05, 4.69) is 9.71 Å². The second-order valence-corrected chi connectivity index (χ2v) is 10.3. The number of furan rings is 1. The van der Waals surface area contributed by atoms with Crippen molar-refractivity contribution < 1.29 is 22.7 Å². The monoisotopic (exact) mass is 444 g/mol. The third-order valence-corrected chi connectivity index (χ3v) is 7.27. The van der Waals surface area contributed by atoms with Crippen LogP contribution in [0.1, 0.15) is 18.9 Å². The van der Waals surface area contributed by atoms with Gasteiger partial charge in [0.25, 0.3) is 0 Å². The van der Waals surface area contributed by atoms with E-state index in [0.29, 0.717) is 11.2 Å². The first-order valence-electron chi connectivity index (χ1n) is 9.30. The van der Waals surface area contributed by atoms with Gasteiger partial charge in [0.1, 0.15) is 17.2 Å². The molecule has 0 radical (unpaired) electrons. The summed E-state index contributed by atoms with van der Waals surface area (Å²) in [4.78, 5) is 16.7. The van der Waals surface area contributed by atoms with Crippen LogP contribution in [0, 0.1) is 12.8 Å². The summed E-state index contributed by atoms with van der Waals surface area (Å²) in [5, 5.41) is 11.9. The fourth-order valence-electron chi connectivity index (χ4n) is 3.28. The van der Waals surface area contributed by atoms with Gasteiger partial charge in [0.05, 0.1) is 14.8 Å². The molecule has 7 nitrogen and oxygen atoms in total. The quantitative estimate of drug-likeness (QED) is 0.456. The van der Waals surface area contributed by atoms with Crippen molar-refractivity contribution in [1.29, 1.82) is 0 Å². The third-order valence-electron chi connectivity index (χ3n) is 4.87. The number of fused-ring (bicyclic) bond motifs is 3. The van der Waals surface area contributed by atoms with Gasteiger partial charge in [-0.25, -0.2) is 13.4 Å². The highest BCUT2D eigenvalue weighted by molar-refractivity contribution is 7.89. The molecule has 2 aromatic heterocycles. The molecule has 156 valence electrons. The number of benzene rings is 2. The molecule has 4 rings (SSSR count). The van der Waals surface area contributed by atoms with Gasteiger partial charge >= 0.3 is 5.97 Å². The lowest BCUT2D eigenvalue weighted by Crippen LogP contribution is -2.44. The number of carboxylic acid groups (broad SMARTS) is 1. The van der Waals surface area contributed by atoms with Crippen molar-refractivity contribution in [3.63, 3.8) is 0 Å². The van der Waals surface area contributed by atoms with Crippen LogP contribution in [-0.4, -0.2) is 30.5 Å². The van der Waals surface area contributed by atoms with Crippen LogP contribution in [0.5, 0.6) is 0 Å². The molecule has 0 fully saturated rings. The maximum atomic E-state index is 12.7. The zero-order valence-corrected chi connectivity index (χ0v) is 18.2. The van der Waals surface area contributed by atoms with Crippen LogP contribution in [0.25, 0.3) is 32.4 Å². The van der Waals surface area contributed by atoms with Crippen molar-refractivity contribution in [1.82, 2.24) is 9.71 Å². The molecule has 9 heteroatoms. The zero-order chi connectivity index (χ0) is 21.6. The smallest absolute Gasteiger partial charge is 0.322 e. The minimum absolute atomic E-state index is 0.0424. The Balaban J connectivity index is 1.76. The molecule has 0 spiro atoms. The lowest BCUT2D eigenvalue weighted by molar-refractivity contribution is -0.140. The van der Waals surface area contributed by atoms with Crippen LogP contribution >= 0.6 is 11.3 Å². The van der Waals surface area contributed by atoms with Gasteiger partial charge in [0, 0.05) is 23.0 Å². The SMILES string of the molecule is Cc1ncc(-c2ccc3oc4cc(S(=O)(=O)N[C@H](C(=O)O)C(C)C)ccc4c3c2)s1. The van der Waals surface area contributed by atoms with Gasteiger partial charge in [-0.3, -0.25) is 4.79 Å². The number of hydrogen-bond donors (Lipinski definition) is 2. The molecular weight excluding hydrogens is 424 g/mol. The first-order valence-corrected chi connectivity index (χ1v) is 11.6. The Morgan fingerprint density at radius 2 is 1.90 bits per heavy atom. The molecule has 0 unspecified atom stereocenters. The van der Waals surface area contributed by atoms with Crippen LogP contribution in [0.15, 0.2) is 51.9 Å². The Kier molecular flexibility index (Phi) is 5.13. The van der Waals surface area contributed by atoms with Crippen molar-refractivity contribution in [3.05, 3.63) is 47.6 Å². The standard InChI is InChI=1S/C21H20N2O5S2/c1-11(2)20(21(24)25)23-30(26,27)14-5-6-15-16-8-13(19-10-22-12(3)29-19)4-7-17(16)28-18(15)9-14/h4-11,20,23H,1-3H3,(H,24,25)/t20-/m0/s1. The summed E-state index contributed by atoms with van der Waals surface area (Å²) in [6, 6.07) is 9.15. The molecule has 0 bridgehead atoms. The first kappa shape index (κ1) is 20.5. The summed E-state index contributed by atoms with van der Waals surface area (Å²) in [5.74, 6) is -1.62. The molecule has 1 atom stereocenters. The van der Waals surface area contributed by atoms with Crippen molar-refractivity contribution >= 4 is 49.3 Å². The Bertz CT molecular complexity index is 1370. The van der Waals surface area contributed by atoms with Crippen LogP contribution in [0.4, 0.5) is 0 Å². The van der Waals surface area contributed by atoms with Gasteiger partial charge < -0.3 is 9.52 Å². The molecule has 2 heterocycles. The van der Waals surface area contributed by atoms with Gasteiger partial charge in [-0.15, -0.1) is 11.3 Å². The number of aromatic nitrogens is 1. The lowest BCUT2D eigenvalue weighted by Gasteiger charge is -2.17. The van der Waals surface area contributed by atoms with Gasteiger partial charge in [0.15, 0.2) is 0 Å². The lowest BCUT2D eigenvalue weighted by atomic mass is 10.1. The number of nitrogens with zero attached hydrogens (tertiary/aromatic N) is 1. The number of sulfonamides is 1. The number of hydrogen-bond acceptors (Lipinski definition) is 6. The van der Waals surface area contributed by atoms with Crippen LogP contribution in [-0.2, 0) is 14.8 Å². The molecule has 2 N–H and O–H groups in total. The summed E-state index contributed by atoms with van der Waals surface area (Å²) in [7, 11) is -4.02. The summed E-state index contributed by atoms with van der Waals surface area (Å²) in [6.07, 6.45) is 1.83. The second kappa shape index (κ2) is 7.50. The largest absolute Gasteiger partial charge is 0.480 e. The number of carboxylic acids is 1. The van der Waals surface area contributed by atoms with Crippen molar-refractivity contribution in [2.24, 2.45) is 5.92 Å². The average molecular weight is 445 g/mol. The summed E-state index contributed by atoms with van der Waals surface area (Å²) >= 11 is 1.60. The van der Waals surface area contributed by atoms with Crippen LogP contribution in [0.3, 0.4) is 0 Å². The molecule has 0 amide bonds. The van der Waals surface area contributed by atoms with E-state index in [1.807, 2.05) is 31.3 Å². The number of rotatable bonds is 6. The fraction of sp³-hybridized carbons (Fsp3) is 0.238. The maximum absolute atomic E-state index is 12.7. The Morgan fingerprint density at radius 1 is 1.13 bits per heavy atom. The minimum atomic E-state index is -4.02. The number of carbonyl (C=O) groups is 1. The minimum Gasteiger partial charge on any atom is -0.480 e. The Morgan fingerprint density at radius 3 is 2.53 bits per heavy atom. The molecule has 0 aliphatic heterocycles. The molecule has 30 heavy (non-hydrogen) atoms. The number of aliphatic carboxylic acids is 1. The second-order valence-electron chi connectivity index (χ2n) is 7.40. The van der Waals surface area contributed by atoms with E-state index in [4.69, 9.17) is 4.42 Å². The normalized spacial score (nSPS) is 13.3. The molecule has 0 aliphatic carbocycles. The van der Waals surface area contributed by atoms with Gasteiger partial charge in [0.2, 0.25) is 10.0 Å². The number of nitrogens with one attached hydrogen (secondary N) is 1. The fourth-order valence-corrected chi connectivity index (χ4v) is 5.41. The zero-order valence-electron chi connectivity index (χ0n) is 16.5. The van der Waals surface area contributed by atoms with E-state index >= 15 is 0 Å². The van der Waals surface area contributed by atoms with E-state index in [1.165, 1.54) is 12.1 Å². The van der Waals surface area contributed by atoms with E-state index in [9.17, 15) is 18.3 Å². The van der Waals surface area contributed by atoms with E-state index in [-0.39, 0.29) is 4.90 Å². The molecule has 2 aromatic carbocycles. The van der Waals surface area contributed by atoms with Crippen LogP contribution < -0.4 is 4.72 Å². The summed E-state index contributed by atoms with van der Waals surface area (Å²) < 4.78 is 33.6. The van der Waals surface area contributed by atoms with Gasteiger partial charge in [-0.05, 0) is 48.7 Å². The Labute approximate surface area is 177 Å². The average Bonchev–Trinajstić information content (AvgIpc) is 3.28. The highest BCUT2D eigenvalue weighted by atomic mass is 32.2. The van der Waals surface area contributed by atoms with Crippen molar-refractivity contribution in [3.8, 4) is 10.4 Å². The van der Waals surface area contributed by atoms with Crippen LogP contribution in [0.2, 0.25) is 0 Å². The topological polar surface area (TPSA) is 110 Å². The van der Waals surface area contributed by atoms with Crippen molar-refractivity contribution in [2.75, 3.05) is 0 Å². The first-order chi connectivity index (χ1) is 14.2. The molecule has 0 aliphatic rings. The summed E-state index contributed by atoms with van der Waals surface area (Å²) in [6.45, 7) is 5.24. The van der Waals surface area contributed by atoms with Gasteiger partial charge in [-0.2, -0.15) is 4.72 Å². The molecule has 0 saturated carbocycles. The van der Waals surface area contributed by atoms with E-state index < -0.39 is 28.0 Å². The van der Waals surface area contributed by atoms with E-state index in [0.717, 1.165) is 26.2 Å². The van der Waals surface area contributed by atoms with Crippen molar-refractivity contribution in [2.45, 2.75) is 31.7 Å². The molecular formula is C21H20N2O5S2. The van der Waals surface area contributed by atoms with Gasteiger partial charge in [-0.1, -0.05) is 13.8 Å². The number of thiazole rings is 1. The predicted octanol–water partition coefficient (Wildman–Crippen LogP) is 4.41. The maximum Gasteiger partial charge on any atom is 0.322 e. The highest BCUT2D eigenvalue weighted by Crippen LogP contribution is 2.35.